The molecule has 7 nitrogen and oxygen atoms in total. The Kier molecular flexibility index (Phi) is 2.97. The molecule has 0 atom stereocenters. The maximum absolute atomic E-state index is 11.4. The number of likely N-dealkylation sites (tertiary alicyclic amines) is 1. The minimum absolute atomic E-state index is 0.0544. The molecule has 2 N–H and O–H groups in total. The van der Waals surface area contributed by atoms with Crippen molar-refractivity contribution < 1.29 is 14.5 Å². The zero-order valence-electron chi connectivity index (χ0n) is 9.46. The first-order valence-electron chi connectivity index (χ1n) is 5.35. The van der Waals surface area contributed by atoms with E-state index in [0.29, 0.717) is 5.56 Å². The second-order valence-corrected chi connectivity index (χ2v) is 4.02. The number of carbonyl (C=O) groups is 2. The first kappa shape index (κ1) is 12.0. The Morgan fingerprint density at radius 1 is 1.28 bits per heavy atom. The highest BCUT2D eigenvalue weighted by atomic mass is 16.6. The van der Waals surface area contributed by atoms with Gasteiger partial charge in [-0.1, -0.05) is 6.07 Å². The molecule has 18 heavy (non-hydrogen) atoms. The van der Waals surface area contributed by atoms with Gasteiger partial charge in [-0.2, -0.15) is 0 Å². The normalized spacial score (nSPS) is 15.2. The number of amides is 2. The minimum Gasteiger partial charge on any atom is -0.393 e. The van der Waals surface area contributed by atoms with E-state index in [2.05, 4.69) is 0 Å². The summed E-state index contributed by atoms with van der Waals surface area (Å²) in [6.45, 7) is 0.0544. The molecule has 7 heteroatoms. The van der Waals surface area contributed by atoms with E-state index in [1.165, 1.54) is 12.1 Å². The van der Waals surface area contributed by atoms with Gasteiger partial charge in [0.2, 0.25) is 11.8 Å². The number of hydrogen-bond donors (Lipinski definition) is 1. The number of hydrogen-bond acceptors (Lipinski definition) is 5. The average molecular weight is 249 g/mol. The molecule has 0 saturated carbocycles. The van der Waals surface area contributed by atoms with Crippen molar-refractivity contribution in [2.75, 3.05) is 5.73 Å². The number of anilines is 1. The van der Waals surface area contributed by atoms with E-state index in [9.17, 15) is 19.7 Å². The van der Waals surface area contributed by atoms with Crippen molar-refractivity contribution in [1.29, 1.82) is 0 Å². The van der Waals surface area contributed by atoms with Gasteiger partial charge in [-0.05, 0) is 11.6 Å². The lowest BCUT2D eigenvalue weighted by Crippen LogP contribution is -2.28. The number of nitrogen functional groups attached to an aromatic ring is 1. The Balaban J connectivity index is 2.24. The van der Waals surface area contributed by atoms with Crippen molar-refractivity contribution in [3.63, 3.8) is 0 Å². The topological polar surface area (TPSA) is 107 Å². The van der Waals surface area contributed by atoms with Gasteiger partial charge < -0.3 is 5.73 Å². The third-order valence-electron chi connectivity index (χ3n) is 2.79. The summed E-state index contributed by atoms with van der Waals surface area (Å²) in [7, 11) is 0. The summed E-state index contributed by atoms with van der Waals surface area (Å²) < 4.78 is 0. The van der Waals surface area contributed by atoms with Gasteiger partial charge in [0.05, 0.1) is 11.5 Å². The van der Waals surface area contributed by atoms with E-state index in [1.807, 2.05) is 0 Å². The van der Waals surface area contributed by atoms with Crippen LogP contribution in [0.2, 0.25) is 0 Å². The molecular weight excluding hydrogens is 238 g/mol. The molecule has 0 aromatic heterocycles. The predicted molar refractivity (Wildman–Crippen MR) is 62.3 cm³/mol. The summed E-state index contributed by atoms with van der Waals surface area (Å²) in [5.41, 5.74) is 5.82. The van der Waals surface area contributed by atoms with Crippen LogP contribution in [-0.2, 0) is 16.1 Å². The molecule has 1 heterocycles. The highest BCUT2D eigenvalue weighted by Gasteiger charge is 2.29. The zero-order chi connectivity index (χ0) is 13.3. The first-order chi connectivity index (χ1) is 8.49. The summed E-state index contributed by atoms with van der Waals surface area (Å²) >= 11 is 0. The fourth-order valence-corrected chi connectivity index (χ4v) is 1.83. The maximum atomic E-state index is 11.4. The lowest BCUT2D eigenvalue weighted by molar-refractivity contribution is -0.384. The van der Waals surface area contributed by atoms with Crippen LogP contribution >= 0.6 is 0 Å². The smallest absolute Gasteiger partial charge is 0.292 e. The molecular formula is C11H11N3O4. The molecule has 0 unspecified atom stereocenters. The summed E-state index contributed by atoms with van der Waals surface area (Å²) in [4.78, 5) is 34.1. The number of nitro benzene ring substituents is 1. The second-order valence-electron chi connectivity index (χ2n) is 4.02. The molecule has 1 saturated heterocycles. The lowest BCUT2D eigenvalue weighted by atomic mass is 10.1. The van der Waals surface area contributed by atoms with Gasteiger partial charge in [0.25, 0.3) is 5.69 Å². The van der Waals surface area contributed by atoms with Crippen LogP contribution in [0.3, 0.4) is 0 Å². The van der Waals surface area contributed by atoms with Crippen molar-refractivity contribution in [1.82, 2.24) is 4.90 Å². The molecule has 0 bridgehead atoms. The number of nitro groups is 1. The van der Waals surface area contributed by atoms with Gasteiger partial charge in [0.1, 0.15) is 5.69 Å². The predicted octanol–water partition coefficient (Wildman–Crippen LogP) is 0.826. The SMILES string of the molecule is Nc1ccc(CN2C(=O)CCC2=O)cc1[N+](=O)[O-]. The van der Waals surface area contributed by atoms with Crippen LogP contribution in [-0.4, -0.2) is 21.6 Å². The van der Waals surface area contributed by atoms with Gasteiger partial charge in [-0.25, -0.2) is 0 Å². The average Bonchev–Trinajstić information content (AvgIpc) is 2.63. The molecule has 1 aliphatic rings. The van der Waals surface area contributed by atoms with Gasteiger partial charge in [-0.15, -0.1) is 0 Å². The van der Waals surface area contributed by atoms with Crippen molar-refractivity contribution in [2.45, 2.75) is 19.4 Å². The number of nitrogens with zero attached hydrogens (tertiary/aromatic N) is 2. The van der Waals surface area contributed by atoms with Gasteiger partial charge in [-0.3, -0.25) is 24.6 Å². The van der Waals surface area contributed by atoms with Crippen LogP contribution in [0, 0.1) is 10.1 Å². The molecule has 0 aliphatic carbocycles. The highest BCUT2D eigenvalue weighted by Crippen LogP contribution is 2.24. The lowest BCUT2D eigenvalue weighted by Gasteiger charge is -2.13. The minimum atomic E-state index is -0.591. The van der Waals surface area contributed by atoms with Crippen LogP contribution in [0.15, 0.2) is 18.2 Å². The summed E-state index contributed by atoms with van der Waals surface area (Å²) in [6, 6.07) is 4.26. The second kappa shape index (κ2) is 4.44. The molecule has 94 valence electrons. The Morgan fingerprint density at radius 2 is 1.89 bits per heavy atom. The Labute approximate surface area is 102 Å². The summed E-state index contributed by atoms with van der Waals surface area (Å²) in [5.74, 6) is -0.501. The maximum Gasteiger partial charge on any atom is 0.292 e. The summed E-state index contributed by atoms with van der Waals surface area (Å²) in [6.07, 6.45) is 0.409. The fraction of sp³-hybridized carbons (Fsp3) is 0.273. The van der Waals surface area contributed by atoms with Crippen molar-refractivity contribution in [3.05, 3.63) is 33.9 Å². The van der Waals surface area contributed by atoms with Gasteiger partial charge in [0.15, 0.2) is 0 Å². The number of imide groups is 1. The zero-order valence-corrected chi connectivity index (χ0v) is 9.46. The molecule has 2 rings (SSSR count). The van der Waals surface area contributed by atoms with E-state index < -0.39 is 4.92 Å². The molecule has 0 spiro atoms. The molecule has 0 radical (unpaired) electrons. The number of nitrogens with two attached hydrogens (primary N) is 1. The van der Waals surface area contributed by atoms with E-state index in [1.54, 1.807) is 6.07 Å². The highest BCUT2D eigenvalue weighted by molar-refractivity contribution is 6.01. The Morgan fingerprint density at radius 3 is 2.44 bits per heavy atom. The van der Waals surface area contributed by atoms with E-state index in [4.69, 9.17) is 5.73 Å². The molecule has 1 fully saturated rings. The third-order valence-corrected chi connectivity index (χ3v) is 2.79. The molecule has 2 amide bonds. The monoisotopic (exact) mass is 249 g/mol. The standard InChI is InChI=1S/C11H11N3O4/c12-8-2-1-7(5-9(8)14(17)18)6-13-10(15)3-4-11(13)16/h1-2,5H,3-4,6,12H2. The van der Waals surface area contributed by atoms with Crippen LogP contribution in [0.1, 0.15) is 18.4 Å². The number of benzene rings is 1. The fourth-order valence-electron chi connectivity index (χ4n) is 1.83. The summed E-state index contributed by atoms with van der Waals surface area (Å²) in [5, 5.41) is 10.7. The Bertz CT molecular complexity index is 525. The van der Waals surface area contributed by atoms with E-state index in [0.717, 1.165) is 4.90 Å². The van der Waals surface area contributed by atoms with Crippen LogP contribution < -0.4 is 5.73 Å². The molecule has 1 aromatic rings. The third kappa shape index (κ3) is 2.15. The van der Waals surface area contributed by atoms with Gasteiger partial charge >= 0.3 is 0 Å². The van der Waals surface area contributed by atoms with E-state index >= 15 is 0 Å². The van der Waals surface area contributed by atoms with Crippen molar-refractivity contribution in [3.8, 4) is 0 Å². The molecule has 1 aliphatic heterocycles. The largest absolute Gasteiger partial charge is 0.393 e. The Hall–Kier alpha value is -2.44. The van der Waals surface area contributed by atoms with Gasteiger partial charge in [0, 0.05) is 18.9 Å². The van der Waals surface area contributed by atoms with Crippen molar-refractivity contribution in [2.24, 2.45) is 0 Å². The number of rotatable bonds is 3. The number of carbonyl (C=O) groups excluding carboxylic acids is 2. The molecule has 1 aromatic carbocycles. The van der Waals surface area contributed by atoms with E-state index in [-0.39, 0.29) is 42.6 Å². The van der Waals surface area contributed by atoms with Crippen LogP contribution in [0.4, 0.5) is 11.4 Å². The van der Waals surface area contributed by atoms with Crippen LogP contribution in [0.5, 0.6) is 0 Å². The first-order valence-corrected chi connectivity index (χ1v) is 5.35. The quantitative estimate of drug-likeness (QED) is 0.369. The van der Waals surface area contributed by atoms with Crippen molar-refractivity contribution >= 4 is 23.2 Å². The van der Waals surface area contributed by atoms with Crippen LogP contribution in [0.25, 0.3) is 0 Å².